The Morgan fingerprint density at radius 2 is 2.30 bits per heavy atom. The van der Waals surface area contributed by atoms with Crippen molar-refractivity contribution in [2.75, 3.05) is 13.1 Å². The van der Waals surface area contributed by atoms with Gasteiger partial charge in [0.25, 0.3) is 0 Å². The number of primary amides is 1. The van der Waals surface area contributed by atoms with E-state index in [0.717, 1.165) is 6.29 Å². The molecule has 0 aliphatic carbocycles. The van der Waals surface area contributed by atoms with Gasteiger partial charge in [-0.15, -0.1) is 0 Å². The van der Waals surface area contributed by atoms with Gasteiger partial charge in [0.2, 0.25) is 0 Å². The first-order valence-corrected chi connectivity index (χ1v) is 3.22. The smallest absolute Gasteiger partial charge is 0.314 e. The number of nitrogens with two attached hydrogens (primary N) is 1. The van der Waals surface area contributed by atoms with E-state index in [0.29, 0.717) is 25.4 Å². The summed E-state index contributed by atoms with van der Waals surface area (Å²) in [5, 5.41) is 0. The van der Waals surface area contributed by atoms with Crippen LogP contribution in [0.5, 0.6) is 0 Å². The SMILES string of the molecule is NC(=O)N1CC(CC=O)C1. The van der Waals surface area contributed by atoms with Gasteiger partial charge in [0.1, 0.15) is 6.29 Å². The second-order valence-electron chi connectivity index (χ2n) is 2.51. The number of rotatable bonds is 2. The summed E-state index contributed by atoms with van der Waals surface area (Å²) in [5.41, 5.74) is 4.95. The number of nitrogens with zero attached hydrogens (tertiary/aromatic N) is 1. The van der Waals surface area contributed by atoms with Crippen LogP contribution in [-0.2, 0) is 4.79 Å². The largest absolute Gasteiger partial charge is 0.351 e. The summed E-state index contributed by atoms with van der Waals surface area (Å²) in [6.07, 6.45) is 1.42. The Balaban J connectivity index is 2.17. The molecule has 0 unspecified atom stereocenters. The molecular weight excluding hydrogens is 132 g/mol. The predicted octanol–water partition coefficient (Wildman–Crippen LogP) is -0.414. The van der Waals surface area contributed by atoms with E-state index >= 15 is 0 Å². The van der Waals surface area contributed by atoms with E-state index in [1.54, 1.807) is 0 Å². The van der Waals surface area contributed by atoms with E-state index in [4.69, 9.17) is 5.73 Å². The van der Waals surface area contributed by atoms with Crippen LogP contribution in [-0.4, -0.2) is 30.3 Å². The minimum absolute atomic E-state index is 0.352. The molecule has 4 heteroatoms. The number of carbonyl (C=O) groups excluding carboxylic acids is 2. The number of likely N-dealkylation sites (tertiary alicyclic amines) is 1. The van der Waals surface area contributed by atoms with Crippen LogP contribution in [0.15, 0.2) is 0 Å². The van der Waals surface area contributed by atoms with Crippen molar-refractivity contribution >= 4 is 12.3 Å². The van der Waals surface area contributed by atoms with E-state index in [9.17, 15) is 9.59 Å². The molecule has 1 aliphatic rings. The van der Waals surface area contributed by atoms with Crippen LogP contribution in [0.3, 0.4) is 0 Å². The molecule has 0 bridgehead atoms. The Labute approximate surface area is 59.0 Å². The molecule has 0 saturated carbocycles. The molecular formula is C6H10N2O2. The molecule has 0 spiro atoms. The van der Waals surface area contributed by atoms with Gasteiger partial charge in [-0.2, -0.15) is 0 Å². The zero-order valence-electron chi connectivity index (χ0n) is 5.62. The zero-order chi connectivity index (χ0) is 7.56. The average Bonchev–Trinajstić information content (AvgIpc) is 1.76. The Morgan fingerprint density at radius 1 is 1.70 bits per heavy atom. The Kier molecular flexibility index (Phi) is 1.89. The summed E-state index contributed by atoms with van der Waals surface area (Å²) in [7, 11) is 0. The van der Waals surface area contributed by atoms with Gasteiger partial charge in [-0.05, 0) is 0 Å². The van der Waals surface area contributed by atoms with Crippen LogP contribution in [0.4, 0.5) is 4.79 Å². The standard InChI is InChI=1S/C6H10N2O2/c7-6(10)8-3-5(4-8)1-2-9/h2,5H,1,3-4H2,(H2,7,10). The normalized spacial score (nSPS) is 18.2. The topological polar surface area (TPSA) is 63.4 Å². The molecule has 0 aromatic carbocycles. The van der Waals surface area contributed by atoms with Crippen LogP contribution < -0.4 is 5.73 Å². The molecule has 1 rings (SSSR count). The first-order chi connectivity index (χ1) is 4.74. The average molecular weight is 142 g/mol. The molecule has 1 fully saturated rings. The lowest BCUT2D eigenvalue weighted by atomic mass is 9.98. The number of amides is 2. The third-order valence-corrected chi connectivity index (χ3v) is 1.70. The van der Waals surface area contributed by atoms with Gasteiger partial charge in [-0.3, -0.25) is 0 Å². The number of aldehydes is 1. The van der Waals surface area contributed by atoms with Crippen LogP contribution in [0, 0.1) is 5.92 Å². The van der Waals surface area contributed by atoms with Gasteiger partial charge in [0.05, 0.1) is 0 Å². The summed E-state index contributed by atoms with van der Waals surface area (Å²) in [6.45, 7) is 1.29. The monoisotopic (exact) mass is 142 g/mol. The zero-order valence-corrected chi connectivity index (χ0v) is 5.62. The Bertz CT molecular complexity index is 152. The van der Waals surface area contributed by atoms with Gasteiger partial charge in [-0.25, -0.2) is 4.79 Å². The molecule has 0 aromatic heterocycles. The lowest BCUT2D eigenvalue weighted by Crippen LogP contribution is -2.52. The molecule has 1 saturated heterocycles. The first kappa shape index (κ1) is 7.05. The second-order valence-corrected chi connectivity index (χ2v) is 2.51. The van der Waals surface area contributed by atoms with Crippen molar-refractivity contribution in [3.8, 4) is 0 Å². The highest BCUT2D eigenvalue weighted by Gasteiger charge is 2.28. The predicted molar refractivity (Wildman–Crippen MR) is 35.3 cm³/mol. The molecule has 2 N–H and O–H groups in total. The maximum atomic E-state index is 10.4. The maximum absolute atomic E-state index is 10.4. The molecule has 0 radical (unpaired) electrons. The quantitative estimate of drug-likeness (QED) is 0.532. The summed E-state index contributed by atoms with van der Waals surface area (Å²) in [4.78, 5) is 21.9. The van der Waals surface area contributed by atoms with E-state index in [2.05, 4.69) is 0 Å². The van der Waals surface area contributed by atoms with Gasteiger partial charge >= 0.3 is 6.03 Å². The highest BCUT2D eigenvalue weighted by molar-refractivity contribution is 5.73. The van der Waals surface area contributed by atoms with E-state index in [1.165, 1.54) is 4.90 Å². The van der Waals surface area contributed by atoms with Crippen LogP contribution >= 0.6 is 0 Å². The van der Waals surface area contributed by atoms with Crippen LogP contribution in [0.1, 0.15) is 6.42 Å². The third-order valence-electron chi connectivity index (χ3n) is 1.70. The lowest BCUT2D eigenvalue weighted by Gasteiger charge is -2.36. The summed E-state index contributed by atoms with van der Waals surface area (Å²) < 4.78 is 0. The molecule has 0 atom stereocenters. The maximum Gasteiger partial charge on any atom is 0.314 e. The Hall–Kier alpha value is -1.06. The number of hydrogen-bond acceptors (Lipinski definition) is 2. The minimum Gasteiger partial charge on any atom is -0.351 e. The van der Waals surface area contributed by atoms with Crippen LogP contribution in [0.2, 0.25) is 0 Å². The van der Waals surface area contributed by atoms with E-state index in [-0.39, 0.29) is 6.03 Å². The van der Waals surface area contributed by atoms with Crippen molar-refractivity contribution in [2.24, 2.45) is 11.7 Å². The molecule has 4 nitrogen and oxygen atoms in total. The van der Waals surface area contributed by atoms with Crippen molar-refractivity contribution in [3.05, 3.63) is 0 Å². The first-order valence-electron chi connectivity index (χ1n) is 3.22. The number of hydrogen-bond donors (Lipinski definition) is 1. The van der Waals surface area contributed by atoms with Crippen molar-refractivity contribution in [1.82, 2.24) is 4.90 Å². The van der Waals surface area contributed by atoms with Crippen molar-refractivity contribution in [1.29, 1.82) is 0 Å². The third kappa shape index (κ3) is 1.26. The lowest BCUT2D eigenvalue weighted by molar-refractivity contribution is -0.109. The van der Waals surface area contributed by atoms with Crippen molar-refractivity contribution in [3.63, 3.8) is 0 Å². The fourth-order valence-corrected chi connectivity index (χ4v) is 1.03. The summed E-state index contributed by atoms with van der Waals surface area (Å²) in [6, 6.07) is -0.387. The molecule has 1 heterocycles. The van der Waals surface area contributed by atoms with Gasteiger partial charge < -0.3 is 15.4 Å². The molecule has 2 amide bonds. The summed E-state index contributed by atoms with van der Waals surface area (Å²) >= 11 is 0. The van der Waals surface area contributed by atoms with Gasteiger partial charge in [0.15, 0.2) is 0 Å². The van der Waals surface area contributed by atoms with Crippen molar-refractivity contribution in [2.45, 2.75) is 6.42 Å². The highest BCUT2D eigenvalue weighted by atomic mass is 16.2. The fraction of sp³-hybridized carbons (Fsp3) is 0.667. The number of carbonyl (C=O) groups is 2. The fourth-order valence-electron chi connectivity index (χ4n) is 1.03. The highest BCUT2D eigenvalue weighted by Crippen LogP contribution is 2.16. The Morgan fingerprint density at radius 3 is 2.70 bits per heavy atom. The molecule has 10 heavy (non-hydrogen) atoms. The molecule has 0 aromatic rings. The van der Waals surface area contributed by atoms with Gasteiger partial charge in [-0.1, -0.05) is 0 Å². The molecule has 1 aliphatic heterocycles. The summed E-state index contributed by atoms with van der Waals surface area (Å²) in [5.74, 6) is 0.352. The number of urea groups is 1. The van der Waals surface area contributed by atoms with E-state index in [1.807, 2.05) is 0 Å². The second kappa shape index (κ2) is 2.68. The van der Waals surface area contributed by atoms with Crippen molar-refractivity contribution < 1.29 is 9.59 Å². The van der Waals surface area contributed by atoms with E-state index < -0.39 is 0 Å². The molecule has 56 valence electrons. The van der Waals surface area contributed by atoms with Crippen LogP contribution in [0.25, 0.3) is 0 Å². The minimum atomic E-state index is -0.387. The van der Waals surface area contributed by atoms with Gasteiger partial charge in [0, 0.05) is 25.4 Å².